The number of benzene rings is 1. The molecule has 3 rings (SSSR count). The van der Waals surface area contributed by atoms with E-state index in [1.165, 1.54) is 0 Å². The average molecular weight is 455 g/mol. The van der Waals surface area contributed by atoms with E-state index in [0.717, 1.165) is 11.3 Å². The highest BCUT2D eigenvalue weighted by molar-refractivity contribution is 7.20. The Morgan fingerprint density at radius 2 is 1.90 bits per heavy atom. The zero-order valence-electron chi connectivity index (χ0n) is 15.5. The number of hydrogen-bond donors (Lipinski definition) is 1. The molecule has 0 amide bonds. The Labute approximate surface area is 179 Å². The van der Waals surface area contributed by atoms with Crippen LogP contribution in [0.15, 0.2) is 23.0 Å². The predicted octanol–water partition coefficient (Wildman–Crippen LogP) is 4.06. The standard InChI is InChI=1S/C19H16Cl2N2O5S/c1-3-27-19(26)16-9(2)15-17(25)22-13(23-18(15)29-16)8-28-14(24)7-10-11(20)5-4-6-12(10)21/h4-6H,3,7-8H2,1-2H3,(H,22,23,25). The van der Waals surface area contributed by atoms with Crippen molar-refractivity contribution in [2.45, 2.75) is 26.9 Å². The van der Waals surface area contributed by atoms with Crippen LogP contribution in [0.4, 0.5) is 0 Å². The molecule has 7 nitrogen and oxygen atoms in total. The third-order valence-corrected chi connectivity index (χ3v) is 5.94. The first-order valence-corrected chi connectivity index (χ1v) is 10.2. The van der Waals surface area contributed by atoms with E-state index in [1.807, 2.05) is 0 Å². The molecule has 0 aliphatic carbocycles. The quantitative estimate of drug-likeness (QED) is 0.563. The number of ether oxygens (including phenoxy) is 2. The number of carbonyl (C=O) groups is 2. The van der Waals surface area contributed by atoms with E-state index in [9.17, 15) is 14.4 Å². The molecule has 1 aromatic carbocycles. The highest BCUT2D eigenvalue weighted by atomic mass is 35.5. The largest absolute Gasteiger partial charge is 0.462 e. The highest BCUT2D eigenvalue weighted by Crippen LogP contribution is 2.28. The van der Waals surface area contributed by atoms with E-state index in [1.54, 1.807) is 32.0 Å². The van der Waals surface area contributed by atoms with E-state index in [0.29, 0.717) is 36.3 Å². The van der Waals surface area contributed by atoms with Crippen LogP contribution in [-0.4, -0.2) is 28.5 Å². The molecular formula is C19H16Cl2N2O5S. The third kappa shape index (κ3) is 4.60. The second-order valence-corrected chi connectivity index (χ2v) is 7.82. The fraction of sp³-hybridized carbons (Fsp3) is 0.263. The van der Waals surface area contributed by atoms with Crippen LogP contribution in [0.5, 0.6) is 0 Å². The number of aromatic nitrogens is 2. The number of carbonyl (C=O) groups excluding carboxylic acids is 2. The molecule has 10 heteroatoms. The number of hydrogen-bond acceptors (Lipinski definition) is 7. The van der Waals surface area contributed by atoms with Crippen molar-refractivity contribution in [1.82, 2.24) is 9.97 Å². The summed E-state index contributed by atoms with van der Waals surface area (Å²) in [5.74, 6) is -0.910. The lowest BCUT2D eigenvalue weighted by Gasteiger charge is -2.07. The van der Waals surface area contributed by atoms with Crippen molar-refractivity contribution in [3.05, 3.63) is 60.4 Å². The van der Waals surface area contributed by atoms with Crippen molar-refractivity contribution in [2.75, 3.05) is 6.61 Å². The van der Waals surface area contributed by atoms with Crippen LogP contribution < -0.4 is 5.56 Å². The van der Waals surface area contributed by atoms with Gasteiger partial charge in [-0.1, -0.05) is 29.3 Å². The third-order valence-electron chi connectivity index (χ3n) is 4.06. The number of rotatable bonds is 6. The van der Waals surface area contributed by atoms with Gasteiger partial charge in [0.2, 0.25) is 0 Å². The van der Waals surface area contributed by atoms with E-state index >= 15 is 0 Å². The fourth-order valence-corrected chi connectivity index (χ4v) is 4.32. The smallest absolute Gasteiger partial charge is 0.348 e. The average Bonchev–Trinajstić information content (AvgIpc) is 3.00. The summed E-state index contributed by atoms with van der Waals surface area (Å²) in [6.07, 6.45) is -0.115. The summed E-state index contributed by atoms with van der Waals surface area (Å²) < 4.78 is 10.2. The summed E-state index contributed by atoms with van der Waals surface area (Å²) in [6.45, 7) is 3.35. The molecule has 0 saturated heterocycles. The molecule has 2 heterocycles. The van der Waals surface area contributed by atoms with Gasteiger partial charge >= 0.3 is 11.9 Å². The normalized spacial score (nSPS) is 10.9. The van der Waals surface area contributed by atoms with Crippen LogP contribution >= 0.6 is 34.5 Å². The Hall–Kier alpha value is -2.42. The number of halogens is 2. The molecule has 1 N–H and O–H groups in total. The minimum absolute atomic E-state index is 0.115. The molecule has 0 radical (unpaired) electrons. The number of nitrogens with one attached hydrogen (secondary N) is 1. The number of aryl methyl sites for hydroxylation is 1. The second-order valence-electron chi connectivity index (χ2n) is 6.01. The van der Waals surface area contributed by atoms with Crippen molar-refractivity contribution >= 4 is 56.7 Å². The fourth-order valence-electron chi connectivity index (χ4n) is 2.69. The van der Waals surface area contributed by atoms with Crippen molar-refractivity contribution in [2.24, 2.45) is 0 Å². The van der Waals surface area contributed by atoms with Gasteiger partial charge in [-0.05, 0) is 31.5 Å². The molecule has 0 fully saturated rings. The minimum Gasteiger partial charge on any atom is -0.462 e. The zero-order valence-corrected chi connectivity index (χ0v) is 17.8. The molecule has 0 spiro atoms. The van der Waals surface area contributed by atoms with Gasteiger partial charge in [0.25, 0.3) is 5.56 Å². The van der Waals surface area contributed by atoms with E-state index in [2.05, 4.69) is 9.97 Å². The zero-order chi connectivity index (χ0) is 21.1. The van der Waals surface area contributed by atoms with Gasteiger partial charge < -0.3 is 14.5 Å². The maximum Gasteiger partial charge on any atom is 0.348 e. The molecule has 0 unspecified atom stereocenters. The van der Waals surface area contributed by atoms with Gasteiger partial charge in [0, 0.05) is 15.6 Å². The monoisotopic (exact) mass is 454 g/mol. The van der Waals surface area contributed by atoms with Crippen LogP contribution in [0.3, 0.4) is 0 Å². The number of esters is 2. The molecular weight excluding hydrogens is 439 g/mol. The Morgan fingerprint density at radius 3 is 2.55 bits per heavy atom. The first kappa shape index (κ1) is 21.3. The molecule has 0 bridgehead atoms. The SMILES string of the molecule is CCOC(=O)c1sc2nc(COC(=O)Cc3c(Cl)cccc3Cl)[nH]c(=O)c2c1C. The number of fused-ring (bicyclic) bond motifs is 1. The van der Waals surface area contributed by atoms with Crippen molar-refractivity contribution in [3.8, 4) is 0 Å². The summed E-state index contributed by atoms with van der Waals surface area (Å²) in [7, 11) is 0. The Balaban J connectivity index is 1.78. The summed E-state index contributed by atoms with van der Waals surface area (Å²) in [6, 6.07) is 4.93. The molecule has 0 atom stereocenters. The molecule has 152 valence electrons. The summed E-state index contributed by atoms with van der Waals surface area (Å²) >= 11 is 13.2. The molecule has 29 heavy (non-hydrogen) atoms. The second kappa shape index (κ2) is 8.94. The molecule has 0 aliphatic rings. The summed E-state index contributed by atoms with van der Waals surface area (Å²) in [5.41, 5.74) is 0.555. The summed E-state index contributed by atoms with van der Waals surface area (Å²) in [4.78, 5) is 44.2. The molecule has 0 aliphatic heterocycles. The van der Waals surface area contributed by atoms with Gasteiger partial charge in [-0.2, -0.15) is 0 Å². The van der Waals surface area contributed by atoms with Crippen molar-refractivity contribution < 1.29 is 19.1 Å². The maximum atomic E-state index is 12.4. The topological polar surface area (TPSA) is 98.3 Å². The predicted molar refractivity (Wildman–Crippen MR) is 111 cm³/mol. The molecule has 2 aromatic heterocycles. The van der Waals surface area contributed by atoms with E-state index in [4.69, 9.17) is 32.7 Å². The van der Waals surface area contributed by atoms with Crippen molar-refractivity contribution in [1.29, 1.82) is 0 Å². The van der Waals surface area contributed by atoms with Gasteiger partial charge in [0.15, 0.2) is 0 Å². The Kier molecular flexibility index (Phi) is 6.56. The number of nitrogens with zero attached hydrogens (tertiary/aromatic N) is 1. The van der Waals surface area contributed by atoms with Crippen LogP contribution in [0, 0.1) is 6.92 Å². The van der Waals surface area contributed by atoms with Crippen LogP contribution in [-0.2, 0) is 27.3 Å². The lowest BCUT2D eigenvalue weighted by molar-refractivity contribution is -0.144. The first-order chi connectivity index (χ1) is 13.8. The van der Waals surface area contributed by atoms with Gasteiger partial charge in [-0.3, -0.25) is 9.59 Å². The molecule has 3 aromatic rings. The van der Waals surface area contributed by atoms with Gasteiger partial charge in [0.1, 0.15) is 22.1 Å². The van der Waals surface area contributed by atoms with Gasteiger partial charge in [0.05, 0.1) is 18.4 Å². The number of H-pyrrole nitrogens is 1. The Bertz CT molecular complexity index is 1140. The lowest BCUT2D eigenvalue weighted by atomic mass is 10.1. The van der Waals surface area contributed by atoms with Crippen LogP contribution in [0.25, 0.3) is 10.2 Å². The summed E-state index contributed by atoms with van der Waals surface area (Å²) in [5, 5.41) is 1.04. The minimum atomic E-state index is -0.572. The number of thiophene rings is 1. The van der Waals surface area contributed by atoms with Gasteiger partial charge in [-0.15, -0.1) is 11.3 Å². The van der Waals surface area contributed by atoms with Crippen molar-refractivity contribution in [3.63, 3.8) is 0 Å². The van der Waals surface area contributed by atoms with Gasteiger partial charge in [-0.25, -0.2) is 9.78 Å². The first-order valence-electron chi connectivity index (χ1n) is 8.59. The van der Waals surface area contributed by atoms with Crippen LogP contribution in [0.1, 0.15) is 33.5 Å². The molecule has 0 saturated carbocycles. The van der Waals surface area contributed by atoms with E-state index < -0.39 is 17.5 Å². The van der Waals surface area contributed by atoms with E-state index in [-0.39, 0.29) is 25.5 Å². The number of aromatic amines is 1. The highest BCUT2D eigenvalue weighted by Gasteiger charge is 2.20. The Morgan fingerprint density at radius 1 is 1.21 bits per heavy atom. The van der Waals surface area contributed by atoms with Crippen LogP contribution in [0.2, 0.25) is 10.0 Å². The maximum absolute atomic E-state index is 12.4. The lowest BCUT2D eigenvalue weighted by Crippen LogP contribution is -2.15.